The molecule has 4 heteroatoms. The van der Waals surface area contributed by atoms with Crippen LogP contribution < -0.4 is 0 Å². The van der Waals surface area contributed by atoms with Gasteiger partial charge in [0.25, 0.3) is 0 Å². The second kappa shape index (κ2) is 16.9. The largest absolute Gasteiger partial charge is 0.483 e. The van der Waals surface area contributed by atoms with E-state index in [0.717, 1.165) is 5.92 Å². The van der Waals surface area contributed by atoms with Gasteiger partial charge in [0.1, 0.15) is 12.6 Å². The summed E-state index contributed by atoms with van der Waals surface area (Å²) in [6.07, 6.45) is 0. The van der Waals surface area contributed by atoms with E-state index in [0.29, 0.717) is 18.3 Å². The molecule has 0 saturated carbocycles. The quantitative estimate of drug-likeness (QED) is 0.664. The van der Waals surface area contributed by atoms with E-state index in [1.54, 1.807) is 14.2 Å². The molecule has 0 N–H and O–H groups in total. The van der Waals surface area contributed by atoms with Gasteiger partial charge in [-0.05, 0) is 12.8 Å². The van der Waals surface area contributed by atoms with Crippen LogP contribution in [0.15, 0.2) is 9.98 Å². The van der Waals surface area contributed by atoms with E-state index >= 15 is 0 Å². The predicted octanol–water partition coefficient (Wildman–Crippen LogP) is 4.19. The molecule has 0 fully saturated rings. The summed E-state index contributed by atoms with van der Waals surface area (Å²) in [7, 11) is 3.20. The maximum Gasteiger partial charge on any atom is 0.208 e. The molecular weight excluding hydrogens is 240 g/mol. The molecular formula is C15H34N2O2. The van der Waals surface area contributed by atoms with Gasteiger partial charge >= 0.3 is 0 Å². The fourth-order valence-corrected chi connectivity index (χ4v) is 0.942. The van der Waals surface area contributed by atoms with Crippen molar-refractivity contribution in [3.8, 4) is 0 Å². The van der Waals surface area contributed by atoms with Gasteiger partial charge in [0.2, 0.25) is 11.8 Å². The van der Waals surface area contributed by atoms with Crippen molar-refractivity contribution in [2.45, 2.75) is 61.4 Å². The number of hydrogen-bond donors (Lipinski definition) is 0. The Kier molecular flexibility index (Phi) is 20.6. The summed E-state index contributed by atoms with van der Waals surface area (Å²) >= 11 is 0. The van der Waals surface area contributed by atoms with Crippen LogP contribution in [0.1, 0.15) is 55.4 Å². The van der Waals surface area contributed by atoms with Gasteiger partial charge in [-0.3, -0.25) is 0 Å². The van der Waals surface area contributed by atoms with Crippen molar-refractivity contribution in [1.29, 1.82) is 0 Å². The number of methoxy groups -OCH3 is 2. The lowest BCUT2D eigenvalue weighted by molar-refractivity contribution is 0.363. The third-order valence-electron chi connectivity index (χ3n) is 1.51. The zero-order valence-corrected chi connectivity index (χ0v) is 14.6. The number of ether oxygens (including phenoxy) is 2. The van der Waals surface area contributed by atoms with Crippen LogP contribution in [0.5, 0.6) is 0 Å². The smallest absolute Gasteiger partial charge is 0.208 e. The summed E-state index contributed by atoms with van der Waals surface area (Å²) < 4.78 is 9.93. The van der Waals surface area contributed by atoms with Crippen LogP contribution in [0.2, 0.25) is 0 Å². The summed E-state index contributed by atoms with van der Waals surface area (Å²) in [5, 5.41) is 0. The minimum atomic E-state index is -0.0105. The highest BCUT2D eigenvalue weighted by Crippen LogP contribution is 2.03. The van der Waals surface area contributed by atoms with Crippen LogP contribution in [0.4, 0.5) is 0 Å². The van der Waals surface area contributed by atoms with Crippen LogP contribution in [0.3, 0.4) is 0 Å². The first-order valence-corrected chi connectivity index (χ1v) is 7.20. The molecule has 19 heavy (non-hydrogen) atoms. The van der Waals surface area contributed by atoms with Crippen LogP contribution in [-0.2, 0) is 9.47 Å². The van der Waals surface area contributed by atoms with Crippen molar-refractivity contribution in [1.82, 2.24) is 0 Å². The zero-order chi connectivity index (χ0) is 15.8. The summed E-state index contributed by atoms with van der Waals surface area (Å²) in [6.45, 7) is 16.9. The standard InChI is InChI=1S/C7H12N2O2.C4H10.2C2H6/c1-5-7(11-3)8-4-6(9-5)10-2;1-4(2)3;2*1-2/h5H,4H2,1-3H3;4H,1-3H3;2*1-2H3. The monoisotopic (exact) mass is 274 g/mol. The molecule has 0 amide bonds. The van der Waals surface area contributed by atoms with Gasteiger partial charge in [-0.2, -0.15) is 0 Å². The molecule has 0 aliphatic carbocycles. The predicted molar refractivity (Wildman–Crippen MR) is 86.4 cm³/mol. The molecule has 1 unspecified atom stereocenters. The molecule has 1 atom stereocenters. The van der Waals surface area contributed by atoms with E-state index in [9.17, 15) is 0 Å². The van der Waals surface area contributed by atoms with Gasteiger partial charge in [0.15, 0.2) is 0 Å². The van der Waals surface area contributed by atoms with Crippen LogP contribution >= 0.6 is 0 Å². The highest BCUT2D eigenvalue weighted by Gasteiger charge is 2.16. The summed E-state index contributed by atoms with van der Waals surface area (Å²) in [4.78, 5) is 8.31. The SMILES string of the molecule is CC.CC.CC(C)C.COC1=NC(C)C(OC)=NC1. The van der Waals surface area contributed by atoms with Gasteiger partial charge < -0.3 is 9.47 Å². The topological polar surface area (TPSA) is 43.2 Å². The molecule has 0 radical (unpaired) electrons. The van der Waals surface area contributed by atoms with Gasteiger partial charge in [-0.15, -0.1) is 0 Å². The number of rotatable bonds is 0. The lowest BCUT2D eigenvalue weighted by atomic mass is 10.3. The molecule has 0 aromatic rings. The van der Waals surface area contributed by atoms with E-state index in [2.05, 4.69) is 30.8 Å². The fraction of sp³-hybridized carbons (Fsp3) is 0.867. The third kappa shape index (κ3) is 14.9. The maximum atomic E-state index is 4.98. The van der Waals surface area contributed by atoms with Crippen molar-refractivity contribution in [3.05, 3.63) is 0 Å². The van der Waals surface area contributed by atoms with Crippen molar-refractivity contribution in [2.75, 3.05) is 20.8 Å². The second-order valence-corrected chi connectivity index (χ2v) is 3.99. The summed E-state index contributed by atoms with van der Waals surface area (Å²) in [5.74, 6) is 2.17. The molecule has 1 aliphatic heterocycles. The van der Waals surface area contributed by atoms with Crippen molar-refractivity contribution < 1.29 is 9.47 Å². The Labute approximate surface area is 120 Å². The van der Waals surface area contributed by atoms with Crippen LogP contribution in [0.25, 0.3) is 0 Å². The normalized spacial score (nSPS) is 16.3. The van der Waals surface area contributed by atoms with Crippen molar-refractivity contribution in [2.24, 2.45) is 15.9 Å². The van der Waals surface area contributed by atoms with Gasteiger partial charge in [-0.1, -0.05) is 48.5 Å². The molecule has 1 heterocycles. The average molecular weight is 274 g/mol. The maximum absolute atomic E-state index is 4.98. The highest BCUT2D eigenvalue weighted by atomic mass is 16.5. The minimum absolute atomic E-state index is 0.0105. The molecule has 0 bridgehead atoms. The third-order valence-corrected chi connectivity index (χ3v) is 1.51. The Morgan fingerprint density at radius 2 is 1.42 bits per heavy atom. The lowest BCUT2D eigenvalue weighted by Gasteiger charge is -2.15. The fourth-order valence-electron chi connectivity index (χ4n) is 0.942. The number of hydrogen-bond acceptors (Lipinski definition) is 4. The van der Waals surface area contributed by atoms with Crippen molar-refractivity contribution in [3.63, 3.8) is 0 Å². The molecule has 0 saturated heterocycles. The van der Waals surface area contributed by atoms with Crippen LogP contribution in [0, 0.1) is 5.92 Å². The van der Waals surface area contributed by atoms with E-state index < -0.39 is 0 Å². The van der Waals surface area contributed by atoms with Crippen LogP contribution in [-0.4, -0.2) is 38.6 Å². The summed E-state index contributed by atoms with van der Waals surface area (Å²) in [6, 6.07) is -0.0105. The van der Waals surface area contributed by atoms with E-state index in [4.69, 9.17) is 9.47 Å². The average Bonchev–Trinajstić information content (AvgIpc) is 2.42. The zero-order valence-electron chi connectivity index (χ0n) is 14.6. The Balaban J connectivity index is -0.000000271. The molecule has 1 aliphatic rings. The number of nitrogens with zero attached hydrogens (tertiary/aromatic N) is 2. The molecule has 0 spiro atoms. The molecule has 1 rings (SSSR count). The van der Waals surface area contributed by atoms with E-state index in [-0.39, 0.29) is 6.04 Å². The highest BCUT2D eigenvalue weighted by molar-refractivity contribution is 5.91. The summed E-state index contributed by atoms with van der Waals surface area (Å²) in [5.41, 5.74) is 0. The lowest BCUT2D eigenvalue weighted by Crippen LogP contribution is -2.26. The minimum Gasteiger partial charge on any atom is -0.483 e. The molecule has 116 valence electrons. The molecule has 4 nitrogen and oxygen atoms in total. The first-order valence-electron chi connectivity index (χ1n) is 7.20. The Morgan fingerprint density at radius 3 is 1.68 bits per heavy atom. The van der Waals surface area contributed by atoms with Gasteiger partial charge in [-0.25, -0.2) is 9.98 Å². The number of aliphatic imine (C=N–C) groups is 2. The Bertz CT molecular complexity index is 234. The second-order valence-electron chi connectivity index (χ2n) is 3.99. The molecule has 0 aromatic carbocycles. The first-order chi connectivity index (χ1) is 9.01. The van der Waals surface area contributed by atoms with E-state index in [1.807, 2.05) is 34.6 Å². The van der Waals surface area contributed by atoms with Crippen molar-refractivity contribution >= 4 is 11.8 Å². The van der Waals surface area contributed by atoms with E-state index in [1.165, 1.54) is 0 Å². The van der Waals surface area contributed by atoms with Gasteiger partial charge in [0.05, 0.1) is 14.2 Å². The Morgan fingerprint density at radius 1 is 1.00 bits per heavy atom. The van der Waals surface area contributed by atoms with Gasteiger partial charge in [0, 0.05) is 0 Å². The molecule has 0 aromatic heterocycles. The Hall–Kier alpha value is -1.06. The first kappa shape index (κ1) is 23.1.